The maximum absolute atomic E-state index is 9.34. The Bertz CT molecular complexity index is 483. The minimum absolute atomic E-state index is 0.0212. The van der Waals surface area contributed by atoms with Gasteiger partial charge in [0.25, 0.3) is 0 Å². The van der Waals surface area contributed by atoms with Crippen molar-refractivity contribution in [2.24, 2.45) is 17.3 Å². The van der Waals surface area contributed by atoms with Gasteiger partial charge in [-0.25, -0.2) is 0 Å². The van der Waals surface area contributed by atoms with Gasteiger partial charge >= 0.3 is 0 Å². The topological polar surface area (TPSA) is 33.0 Å². The smallest absolute Gasteiger partial charge is 0.119 e. The first-order valence-electron chi connectivity index (χ1n) is 7.22. The lowest BCUT2D eigenvalue weighted by Gasteiger charge is -2.39. The summed E-state index contributed by atoms with van der Waals surface area (Å²) in [7, 11) is 0. The van der Waals surface area contributed by atoms with E-state index in [1.54, 1.807) is 0 Å². The van der Waals surface area contributed by atoms with Gasteiger partial charge in [-0.15, -0.1) is 0 Å². The molecule has 1 saturated carbocycles. The van der Waals surface area contributed by atoms with Crippen molar-refractivity contribution < 1.29 is 4.74 Å². The van der Waals surface area contributed by atoms with Crippen molar-refractivity contribution in [1.82, 2.24) is 0 Å². The van der Waals surface area contributed by atoms with E-state index in [0.29, 0.717) is 5.92 Å². The number of rotatable bonds is 2. The van der Waals surface area contributed by atoms with Crippen molar-refractivity contribution in [2.45, 2.75) is 46.1 Å². The lowest BCUT2D eigenvalue weighted by molar-refractivity contribution is 0.0493. The number of nitriles is 1. The summed E-state index contributed by atoms with van der Waals surface area (Å²) in [6, 6.07) is 10.5. The Kier molecular flexibility index (Phi) is 4.95. The summed E-state index contributed by atoms with van der Waals surface area (Å²) in [5, 5.41) is 9.34. The highest BCUT2D eigenvalue weighted by molar-refractivity contribution is 14.1. The van der Waals surface area contributed by atoms with Crippen LogP contribution in [0.5, 0.6) is 5.75 Å². The van der Waals surface area contributed by atoms with Crippen LogP contribution in [0.2, 0.25) is 0 Å². The van der Waals surface area contributed by atoms with E-state index in [-0.39, 0.29) is 17.4 Å². The number of halogens is 1. The molecule has 0 radical (unpaired) electrons. The summed E-state index contributed by atoms with van der Waals surface area (Å²) in [5.74, 6) is 1.53. The molecule has 0 bridgehead atoms. The van der Waals surface area contributed by atoms with Crippen LogP contribution in [-0.2, 0) is 0 Å². The quantitative estimate of drug-likeness (QED) is 0.672. The average Bonchev–Trinajstić information content (AvgIpc) is 2.40. The Labute approximate surface area is 135 Å². The number of nitrogens with zero attached hydrogens (tertiary/aromatic N) is 1. The monoisotopic (exact) mass is 383 g/mol. The first kappa shape index (κ1) is 15.6. The first-order chi connectivity index (χ1) is 9.40. The molecular formula is C17H22INO. The molecule has 1 aromatic carbocycles. The zero-order valence-electron chi connectivity index (χ0n) is 12.4. The molecule has 108 valence electrons. The van der Waals surface area contributed by atoms with E-state index in [2.05, 4.69) is 49.4 Å². The SMILES string of the molecule is CC(C)(C)C1CCC(C#N)C(Oc2ccc(I)cc2)C1. The zero-order valence-corrected chi connectivity index (χ0v) is 14.6. The number of hydrogen-bond acceptors (Lipinski definition) is 2. The fraction of sp³-hybridized carbons (Fsp3) is 0.588. The molecule has 2 nitrogen and oxygen atoms in total. The van der Waals surface area contributed by atoms with E-state index in [9.17, 15) is 5.26 Å². The van der Waals surface area contributed by atoms with Crippen molar-refractivity contribution in [1.29, 1.82) is 5.26 Å². The van der Waals surface area contributed by atoms with E-state index < -0.39 is 0 Å². The van der Waals surface area contributed by atoms with Crippen LogP contribution in [0.25, 0.3) is 0 Å². The van der Waals surface area contributed by atoms with Crippen LogP contribution in [0.4, 0.5) is 0 Å². The Morgan fingerprint density at radius 2 is 1.85 bits per heavy atom. The molecule has 1 aliphatic rings. The molecule has 1 fully saturated rings. The summed E-state index contributed by atoms with van der Waals surface area (Å²) in [4.78, 5) is 0. The highest BCUT2D eigenvalue weighted by Gasteiger charge is 2.37. The van der Waals surface area contributed by atoms with Gasteiger partial charge in [0, 0.05) is 3.57 Å². The average molecular weight is 383 g/mol. The van der Waals surface area contributed by atoms with Gasteiger partial charge in [0.05, 0.1) is 12.0 Å². The van der Waals surface area contributed by atoms with E-state index in [1.165, 1.54) is 3.57 Å². The van der Waals surface area contributed by atoms with Crippen LogP contribution in [0.3, 0.4) is 0 Å². The van der Waals surface area contributed by atoms with Crippen molar-refractivity contribution in [3.05, 3.63) is 27.8 Å². The van der Waals surface area contributed by atoms with Crippen LogP contribution >= 0.6 is 22.6 Å². The molecule has 0 heterocycles. The van der Waals surface area contributed by atoms with Crippen LogP contribution in [0, 0.1) is 32.2 Å². The molecule has 20 heavy (non-hydrogen) atoms. The van der Waals surface area contributed by atoms with Gasteiger partial charge in [0.1, 0.15) is 11.9 Å². The molecule has 2 rings (SSSR count). The molecule has 0 N–H and O–H groups in total. The Morgan fingerprint density at radius 1 is 1.20 bits per heavy atom. The van der Waals surface area contributed by atoms with Gasteiger partial charge in [0.2, 0.25) is 0 Å². The van der Waals surface area contributed by atoms with Crippen LogP contribution < -0.4 is 4.74 Å². The third-order valence-corrected chi connectivity index (χ3v) is 5.00. The lowest BCUT2D eigenvalue weighted by Crippen LogP contribution is -2.37. The van der Waals surface area contributed by atoms with Gasteiger partial charge in [0.15, 0.2) is 0 Å². The Hall–Kier alpha value is -0.760. The molecule has 0 aromatic heterocycles. The van der Waals surface area contributed by atoms with Gasteiger partial charge in [-0.1, -0.05) is 20.8 Å². The molecule has 3 atom stereocenters. The van der Waals surface area contributed by atoms with Crippen molar-refractivity contribution in [2.75, 3.05) is 0 Å². The van der Waals surface area contributed by atoms with Gasteiger partial charge in [-0.05, 0) is 77.5 Å². The van der Waals surface area contributed by atoms with Crippen LogP contribution in [0.1, 0.15) is 40.0 Å². The Balaban J connectivity index is 2.09. The standard InChI is InChI=1S/C17H22INO/c1-17(2,3)13-5-4-12(11-19)16(10-13)20-15-8-6-14(18)7-9-15/h6-9,12-13,16H,4-5,10H2,1-3H3. The normalized spacial score (nSPS) is 26.9. The minimum Gasteiger partial charge on any atom is -0.489 e. The van der Waals surface area contributed by atoms with E-state index in [4.69, 9.17) is 4.74 Å². The summed E-state index contributed by atoms with van der Waals surface area (Å²) in [6.45, 7) is 6.85. The second-order valence-electron chi connectivity index (χ2n) is 6.72. The van der Waals surface area contributed by atoms with Gasteiger partial charge in [-0.2, -0.15) is 5.26 Å². The van der Waals surface area contributed by atoms with E-state index in [1.807, 2.05) is 24.3 Å². The number of hydrogen-bond donors (Lipinski definition) is 0. The largest absolute Gasteiger partial charge is 0.489 e. The van der Waals surface area contributed by atoms with Crippen molar-refractivity contribution in [3.63, 3.8) is 0 Å². The maximum atomic E-state index is 9.34. The summed E-state index contributed by atoms with van der Waals surface area (Å²) < 4.78 is 7.31. The summed E-state index contributed by atoms with van der Waals surface area (Å²) in [5.41, 5.74) is 0.286. The fourth-order valence-electron chi connectivity index (χ4n) is 2.88. The molecule has 0 aliphatic heterocycles. The molecule has 3 unspecified atom stereocenters. The molecule has 0 saturated heterocycles. The number of benzene rings is 1. The third kappa shape index (κ3) is 3.88. The molecular weight excluding hydrogens is 361 g/mol. The van der Waals surface area contributed by atoms with E-state index >= 15 is 0 Å². The fourth-order valence-corrected chi connectivity index (χ4v) is 3.24. The van der Waals surface area contributed by atoms with Crippen molar-refractivity contribution >= 4 is 22.6 Å². The highest BCUT2D eigenvalue weighted by Crippen LogP contribution is 2.41. The zero-order chi connectivity index (χ0) is 14.8. The van der Waals surface area contributed by atoms with E-state index in [0.717, 1.165) is 25.0 Å². The summed E-state index contributed by atoms with van der Waals surface area (Å²) >= 11 is 2.28. The summed E-state index contributed by atoms with van der Waals surface area (Å²) in [6.07, 6.45) is 3.09. The maximum Gasteiger partial charge on any atom is 0.119 e. The highest BCUT2D eigenvalue weighted by atomic mass is 127. The lowest BCUT2D eigenvalue weighted by atomic mass is 9.69. The third-order valence-electron chi connectivity index (χ3n) is 4.28. The van der Waals surface area contributed by atoms with Crippen molar-refractivity contribution in [3.8, 4) is 11.8 Å². The van der Waals surface area contributed by atoms with Crippen LogP contribution in [-0.4, -0.2) is 6.10 Å². The van der Waals surface area contributed by atoms with Gasteiger partial charge in [-0.3, -0.25) is 0 Å². The Morgan fingerprint density at radius 3 is 2.40 bits per heavy atom. The predicted octanol–water partition coefficient (Wildman–Crippen LogP) is 5.02. The molecule has 0 spiro atoms. The minimum atomic E-state index is 0.0212. The van der Waals surface area contributed by atoms with Gasteiger partial charge < -0.3 is 4.74 Å². The molecule has 0 amide bonds. The molecule has 1 aromatic rings. The molecule has 3 heteroatoms. The second-order valence-corrected chi connectivity index (χ2v) is 7.97. The predicted molar refractivity (Wildman–Crippen MR) is 89.5 cm³/mol. The molecule has 1 aliphatic carbocycles. The second kappa shape index (κ2) is 6.34. The first-order valence-corrected chi connectivity index (χ1v) is 8.30. The number of ether oxygens (including phenoxy) is 1. The van der Waals surface area contributed by atoms with Crippen LogP contribution in [0.15, 0.2) is 24.3 Å².